The number of nitro benzene ring substituents is 1. The van der Waals surface area contributed by atoms with E-state index in [1.807, 2.05) is 4.90 Å². The third-order valence-corrected chi connectivity index (χ3v) is 5.51. The highest BCUT2D eigenvalue weighted by Crippen LogP contribution is 2.49. The first-order valence-electron chi connectivity index (χ1n) is 8.51. The van der Waals surface area contributed by atoms with Crippen LogP contribution in [0.3, 0.4) is 0 Å². The van der Waals surface area contributed by atoms with E-state index in [1.165, 1.54) is 12.1 Å². The van der Waals surface area contributed by atoms with Crippen LogP contribution in [0.25, 0.3) is 11.4 Å². The van der Waals surface area contributed by atoms with Gasteiger partial charge in [-0.2, -0.15) is 4.98 Å². The minimum absolute atomic E-state index is 0.0374. The third-order valence-electron chi connectivity index (χ3n) is 5.51. The maximum atomic E-state index is 11.7. The molecule has 0 spiro atoms. The predicted octanol–water partition coefficient (Wildman–Crippen LogP) is 2.33. The molecule has 4 rings (SSSR count). The molecule has 2 aromatic rings. The lowest BCUT2D eigenvalue weighted by Crippen LogP contribution is -2.35. The van der Waals surface area contributed by atoms with E-state index in [1.54, 1.807) is 12.1 Å². The summed E-state index contributed by atoms with van der Waals surface area (Å²) in [6.07, 6.45) is 2.61. The van der Waals surface area contributed by atoms with Crippen molar-refractivity contribution in [1.29, 1.82) is 0 Å². The largest absolute Gasteiger partial charge is 0.481 e. The zero-order valence-corrected chi connectivity index (χ0v) is 14.0. The van der Waals surface area contributed by atoms with Crippen molar-refractivity contribution in [2.24, 2.45) is 11.3 Å². The molecule has 1 saturated heterocycles. The van der Waals surface area contributed by atoms with Crippen LogP contribution in [0.5, 0.6) is 0 Å². The van der Waals surface area contributed by atoms with Crippen LogP contribution in [-0.2, 0) is 11.3 Å². The lowest BCUT2D eigenvalue weighted by Gasteiger charge is -2.23. The zero-order valence-electron chi connectivity index (χ0n) is 14.0. The molecule has 2 heterocycles. The smallest absolute Gasteiger partial charge is 0.311 e. The maximum Gasteiger partial charge on any atom is 0.311 e. The second-order valence-corrected chi connectivity index (χ2v) is 7.04. The average Bonchev–Trinajstić information content (AvgIpc) is 3.29. The topological polar surface area (TPSA) is 123 Å². The summed E-state index contributed by atoms with van der Waals surface area (Å²) in [7, 11) is 0. The molecule has 1 saturated carbocycles. The molecule has 2 fully saturated rings. The van der Waals surface area contributed by atoms with Crippen molar-refractivity contribution in [3.8, 4) is 11.4 Å². The van der Waals surface area contributed by atoms with Crippen LogP contribution < -0.4 is 0 Å². The number of carboxylic acids is 1. The fourth-order valence-corrected chi connectivity index (χ4v) is 4.25. The number of non-ortho nitro benzene ring substituents is 1. The summed E-state index contributed by atoms with van der Waals surface area (Å²) in [5.74, 6) is 0.118. The Balaban J connectivity index is 1.49. The van der Waals surface area contributed by atoms with Crippen LogP contribution >= 0.6 is 0 Å². The summed E-state index contributed by atoms with van der Waals surface area (Å²) in [5, 5.41) is 24.4. The molecular formula is C17H18N4O5. The van der Waals surface area contributed by atoms with Crippen molar-refractivity contribution in [3.63, 3.8) is 0 Å². The van der Waals surface area contributed by atoms with Crippen LogP contribution in [-0.4, -0.2) is 44.1 Å². The average molecular weight is 358 g/mol. The van der Waals surface area contributed by atoms with Gasteiger partial charge >= 0.3 is 5.97 Å². The van der Waals surface area contributed by atoms with E-state index >= 15 is 0 Å². The van der Waals surface area contributed by atoms with Crippen molar-refractivity contribution < 1.29 is 19.3 Å². The first-order valence-corrected chi connectivity index (χ1v) is 8.51. The van der Waals surface area contributed by atoms with Crippen molar-refractivity contribution in [3.05, 3.63) is 40.3 Å². The predicted molar refractivity (Wildman–Crippen MR) is 89.1 cm³/mol. The number of carboxylic acid groups (broad SMARTS) is 1. The number of nitro groups is 1. The maximum absolute atomic E-state index is 11.7. The molecule has 1 aromatic carbocycles. The molecule has 136 valence electrons. The van der Waals surface area contributed by atoms with E-state index in [0.717, 1.165) is 12.8 Å². The van der Waals surface area contributed by atoms with Gasteiger partial charge < -0.3 is 9.63 Å². The minimum atomic E-state index is -0.717. The summed E-state index contributed by atoms with van der Waals surface area (Å²) in [5.41, 5.74) is -0.179. The van der Waals surface area contributed by atoms with Crippen LogP contribution in [0.1, 0.15) is 25.2 Å². The third kappa shape index (κ3) is 2.74. The van der Waals surface area contributed by atoms with Crippen LogP contribution in [0, 0.1) is 21.4 Å². The van der Waals surface area contributed by atoms with Gasteiger partial charge in [0.25, 0.3) is 5.69 Å². The van der Waals surface area contributed by atoms with E-state index in [4.69, 9.17) is 4.52 Å². The molecule has 0 bridgehead atoms. The molecule has 9 nitrogen and oxygen atoms in total. The Morgan fingerprint density at radius 2 is 2.35 bits per heavy atom. The second-order valence-electron chi connectivity index (χ2n) is 7.04. The van der Waals surface area contributed by atoms with Gasteiger partial charge in [0.05, 0.1) is 16.9 Å². The Labute approximate surface area is 148 Å². The second kappa shape index (κ2) is 6.17. The highest BCUT2D eigenvalue weighted by Gasteiger charge is 2.54. The molecule has 2 aliphatic rings. The summed E-state index contributed by atoms with van der Waals surface area (Å²) in [6.45, 7) is 1.58. The van der Waals surface area contributed by atoms with Gasteiger partial charge in [-0.05, 0) is 18.8 Å². The van der Waals surface area contributed by atoms with E-state index < -0.39 is 16.3 Å². The highest BCUT2D eigenvalue weighted by molar-refractivity contribution is 5.76. The van der Waals surface area contributed by atoms with Crippen molar-refractivity contribution in [1.82, 2.24) is 15.0 Å². The molecule has 1 aromatic heterocycles. The van der Waals surface area contributed by atoms with Crippen molar-refractivity contribution >= 4 is 11.7 Å². The van der Waals surface area contributed by atoms with Crippen LogP contribution in [0.4, 0.5) is 5.69 Å². The molecule has 26 heavy (non-hydrogen) atoms. The summed E-state index contributed by atoms with van der Waals surface area (Å²) in [4.78, 5) is 28.5. The van der Waals surface area contributed by atoms with Gasteiger partial charge in [-0.15, -0.1) is 0 Å². The minimum Gasteiger partial charge on any atom is -0.481 e. The Hall–Kier alpha value is -2.81. The van der Waals surface area contributed by atoms with Crippen molar-refractivity contribution in [2.75, 3.05) is 13.1 Å². The number of likely N-dealkylation sites (tertiary alicyclic amines) is 1. The highest BCUT2D eigenvalue weighted by atomic mass is 16.6. The molecular weight excluding hydrogens is 340 g/mol. The van der Waals surface area contributed by atoms with E-state index in [-0.39, 0.29) is 17.4 Å². The number of hydrogen-bond acceptors (Lipinski definition) is 7. The molecule has 0 unspecified atom stereocenters. The Kier molecular flexibility index (Phi) is 3.95. The van der Waals surface area contributed by atoms with E-state index in [9.17, 15) is 20.0 Å². The van der Waals surface area contributed by atoms with Crippen LogP contribution in [0.2, 0.25) is 0 Å². The lowest BCUT2D eigenvalue weighted by atomic mass is 9.81. The number of hydrogen-bond donors (Lipinski definition) is 1. The van der Waals surface area contributed by atoms with Gasteiger partial charge in [0, 0.05) is 30.8 Å². The van der Waals surface area contributed by atoms with Crippen LogP contribution in [0.15, 0.2) is 28.8 Å². The number of rotatable bonds is 5. The molecule has 9 heteroatoms. The SMILES string of the molecule is O=C(O)[C@@]12CCC[C@H]1CN(Cc1nc(-c3cccc([N+](=O)[O-])c3)no1)C2. The van der Waals surface area contributed by atoms with Gasteiger partial charge in [-0.25, -0.2) is 0 Å². The first kappa shape index (κ1) is 16.6. The normalized spacial score (nSPS) is 25.3. The van der Waals surface area contributed by atoms with Gasteiger partial charge in [0.2, 0.25) is 11.7 Å². The zero-order chi connectivity index (χ0) is 18.3. The fourth-order valence-electron chi connectivity index (χ4n) is 4.25. The first-order chi connectivity index (χ1) is 12.5. The fraction of sp³-hybridized carbons (Fsp3) is 0.471. The Bertz CT molecular complexity index is 866. The van der Waals surface area contributed by atoms with Gasteiger partial charge in [-0.3, -0.25) is 19.8 Å². The number of nitrogens with zero attached hydrogens (tertiary/aromatic N) is 4. The lowest BCUT2D eigenvalue weighted by molar-refractivity contribution is -0.384. The Morgan fingerprint density at radius 3 is 3.08 bits per heavy atom. The number of benzene rings is 1. The van der Waals surface area contributed by atoms with E-state index in [0.29, 0.717) is 37.5 Å². The molecule has 0 amide bonds. The van der Waals surface area contributed by atoms with Gasteiger partial charge in [0.15, 0.2) is 0 Å². The molecule has 0 radical (unpaired) electrons. The Morgan fingerprint density at radius 1 is 1.50 bits per heavy atom. The molecule has 1 N–H and O–H groups in total. The molecule has 2 atom stereocenters. The molecule has 1 aliphatic heterocycles. The number of aliphatic carboxylic acids is 1. The van der Waals surface area contributed by atoms with Gasteiger partial charge in [-0.1, -0.05) is 23.7 Å². The monoisotopic (exact) mass is 358 g/mol. The van der Waals surface area contributed by atoms with E-state index in [2.05, 4.69) is 10.1 Å². The van der Waals surface area contributed by atoms with Gasteiger partial charge in [0.1, 0.15) is 0 Å². The number of fused-ring (bicyclic) bond motifs is 1. The summed E-state index contributed by atoms with van der Waals surface area (Å²) in [6, 6.07) is 6.05. The van der Waals surface area contributed by atoms with Crippen molar-refractivity contribution in [2.45, 2.75) is 25.8 Å². The number of aromatic nitrogens is 2. The summed E-state index contributed by atoms with van der Waals surface area (Å²) >= 11 is 0. The quantitative estimate of drug-likeness (QED) is 0.638. The molecule has 1 aliphatic carbocycles. The standard InChI is InChI=1S/C17H18N4O5/c22-16(23)17-6-2-4-12(17)8-20(10-17)9-14-18-15(19-26-14)11-3-1-5-13(7-11)21(24)25/h1,3,5,7,12H,2,4,6,8-10H2,(H,22,23)/t12-,17+/m0/s1. The number of carbonyl (C=O) groups is 1. The summed E-state index contributed by atoms with van der Waals surface area (Å²) < 4.78 is 5.28.